The first-order valence-electron chi connectivity index (χ1n) is 12.0. The van der Waals surface area contributed by atoms with Gasteiger partial charge in [-0.25, -0.2) is 0 Å². The molecule has 0 radical (unpaired) electrons. The Hall–Kier alpha value is -3.20. The van der Waals surface area contributed by atoms with Crippen molar-refractivity contribution in [2.24, 2.45) is 0 Å². The molecule has 0 amide bonds. The van der Waals surface area contributed by atoms with E-state index in [1.807, 2.05) is 36.4 Å². The van der Waals surface area contributed by atoms with Crippen molar-refractivity contribution in [3.8, 4) is 43.2 Å². The Balaban J connectivity index is 1.54. The summed E-state index contributed by atoms with van der Waals surface area (Å²) in [4.78, 5) is 4.71. The van der Waals surface area contributed by atoms with E-state index in [0.717, 1.165) is 29.9 Å². The molecule has 2 aromatic carbocycles. The smallest absolute Gasteiger partial charge is 0.177 e. The molecule has 2 atom stereocenters. The molecule has 38 heavy (non-hydrogen) atoms. The molecule has 2 unspecified atom stereocenters. The lowest BCUT2D eigenvalue weighted by Gasteiger charge is -2.40. The van der Waals surface area contributed by atoms with E-state index in [9.17, 15) is 10.2 Å². The van der Waals surface area contributed by atoms with E-state index in [4.69, 9.17) is 0 Å². The van der Waals surface area contributed by atoms with Crippen molar-refractivity contribution < 1.29 is 10.2 Å². The zero-order valence-electron chi connectivity index (χ0n) is 20.5. The minimum absolute atomic E-state index is 0.585. The molecule has 184 valence electrons. The molecule has 0 bridgehead atoms. The van der Waals surface area contributed by atoms with Crippen molar-refractivity contribution in [3.05, 3.63) is 93.7 Å². The summed E-state index contributed by atoms with van der Waals surface area (Å²) in [5.41, 5.74) is -0.818. The minimum atomic E-state index is -1.58. The summed E-state index contributed by atoms with van der Waals surface area (Å²) in [5.74, 6) is 12.1. The van der Waals surface area contributed by atoms with E-state index in [2.05, 4.69) is 58.7 Å². The highest BCUT2D eigenvalue weighted by molar-refractivity contribution is 7.26. The molecule has 6 heteroatoms. The molecule has 7 rings (SSSR count). The van der Waals surface area contributed by atoms with E-state index >= 15 is 0 Å². The molecule has 0 saturated heterocycles. The van der Waals surface area contributed by atoms with Crippen LogP contribution in [0.5, 0.6) is 0 Å². The van der Waals surface area contributed by atoms with Gasteiger partial charge in [0, 0.05) is 51.2 Å². The lowest BCUT2D eigenvalue weighted by molar-refractivity contribution is 0.0949. The fourth-order valence-electron chi connectivity index (χ4n) is 5.37. The SMILES string of the molecule is CC#CC1(O)c2cc3cc(-c4cccs4)sc3cc2C(O)(C#CC)c2cc3cc(-c4cccs4)sc3cc21. The monoisotopic (exact) mass is 564 g/mol. The van der Waals surface area contributed by atoms with E-state index in [1.54, 1.807) is 59.2 Å². The normalized spacial score (nSPS) is 19.9. The standard InChI is InChI=1S/C32H20O2S4/c1-3-9-31(33)21-13-19-15-29(25-7-5-11-35-25)38-28(19)18-24(21)32(34,10-4-2)22-14-20-16-30(26-8-6-12-36-26)37-27(20)17-23(22)31/h5-8,11-18,33-34H,1-2H3. The Morgan fingerprint density at radius 2 is 1.00 bits per heavy atom. The molecule has 2 N–H and O–H groups in total. The molecule has 1 aliphatic rings. The predicted molar refractivity (Wildman–Crippen MR) is 163 cm³/mol. The summed E-state index contributed by atoms with van der Waals surface area (Å²) in [6.07, 6.45) is 0. The fraction of sp³-hybridized carbons (Fsp3) is 0.125. The maximum absolute atomic E-state index is 12.4. The van der Waals surface area contributed by atoms with Crippen LogP contribution in [-0.2, 0) is 11.2 Å². The largest absolute Gasteiger partial charge is 0.369 e. The molecule has 0 saturated carbocycles. The molecule has 4 heterocycles. The predicted octanol–water partition coefficient (Wildman–Crippen LogP) is 8.40. The van der Waals surface area contributed by atoms with Crippen LogP contribution in [0.4, 0.5) is 0 Å². The molecular formula is C32H20O2S4. The average Bonchev–Trinajstić information content (AvgIpc) is 3.72. The molecule has 0 aliphatic heterocycles. The average molecular weight is 565 g/mol. The Labute approximate surface area is 236 Å². The Morgan fingerprint density at radius 1 is 0.579 bits per heavy atom. The third kappa shape index (κ3) is 3.40. The van der Waals surface area contributed by atoms with Gasteiger partial charge >= 0.3 is 0 Å². The van der Waals surface area contributed by atoms with Crippen molar-refractivity contribution in [3.63, 3.8) is 0 Å². The number of hydrogen-bond donors (Lipinski definition) is 2. The molecular weight excluding hydrogens is 545 g/mol. The van der Waals surface area contributed by atoms with E-state index in [0.29, 0.717) is 22.3 Å². The zero-order valence-corrected chi connectivity index (χ0v) is 23.7. The van der Waals surface area contributed by atoms with Gasteiger partial charge in [-0.1, -0.05) is 24.0 Å². The second-order valence-electron chi connectivity index (χ2n) is 9.22. The zero-order chi connectivity index (χ0) is 26.1. The van der Waals surface area contributed by atoms with E-state index < -0.39 is 11.2 Å². The topological polar surface area (TPSA) is 40.5 Å². The van der Waals surface area contributed by atoms with Crippen LogP contribution in [-0.4, -0.2) is 10.2 Å². The van der Waals surface area contributed by atoms with Crippen molar-refractivity contribution in [2.45, 2.75) is 25.0 Å². The maximum atomic E-state index is 12.4. The van der Waals surface area contributed by atoms with Gasteiger partial charge in [0.05, 0.1) is 0 Å². The number of aliphatic hydroxyl groups is 2. The van der Waals surface area contributed by atoms with Gasteiger partial charge < -0.3 is 10.2 Å². The Morgan fingerprint density at radius 3 is 1.37 bits per heavy atom. The second-order valence-corrected chi connectivity index (χ2v) is 13.3. The third-order valence-electron chi connectivity index (χ3n) is 7.01. The van der Waals surface area contributed by atoms with Crippen molar-refractivity contribution in [2.75, 3.05) is 0 Å². The van der Waals surface area contributed by atoms with Crippen LogP contribution >= 0.6 is 45.3 Å². The summed E-state index contributed by atoms with van der Waals surface area (Å²) in [5, 5.41) is 30.9. The van der Waals surface area contributed by atoms with E-state index in [1.165, 1.54) is 9.75 Å². The lowest BCUT2D eigenvalue weighted by atomic mass is 9.67. The number of hydrogen-bond acceptors (Lipinski definition) is 6. The van der Waals surface area contributed by atoms with Crippen LogP contribution in [0.25, 0.3) is 39.7 Å². The maximum Gasteiger partial charge on any atom is 0.177 e. The van der Waals surface area contributed by atoms with Gasteiger partial charge in [0.2, 0.25) is 0 Å². The van der Waals surface area contributed by atoms with Gasteiger partial charge in [-0.2, -0.15) is 0 Å². The van der Waals surface area contributed by atoms with Gasteiger partial charge in [0.15, 0.2) is 11.2 Å². The Bertz CT molecular complexity index is 1750. The second kappa shape index (κ2) is 8.66. The van der Waals surface area contributed by atoms with Crippen LogP contribution < -0.4 is 0 Å². The minimum Gasteiger partial charge on any atom is -0.369 e. The van der Waals surface area contributed by atoms with Gasteiger partial charge in [-0.3, -0.25) is 0 Å². The first-order valence-corrected chi connectivity index (χ1v) is 15.4. The number of fused-ring (bicyclic) bond motifs is 4. The molecule has 1 aliphatic carbocycles. The van der Waals surface area contributed by atoms with Crippen molar-refractivity contribution >= 4 is 65.5 Å². The number of thiophene rings is 4. The number of benzene rings is 2. The van der Waals surface area contributed by atoms with Crippen LogP contribution in [0.1, 0.15) is 36.1 Å². The van der Waals surface area contributed by atoms with E-state index in [-0.39, 0.29) is 0 Å². The molecule has 0 spiro atoms. The number of rotatable bonds is 2. The molecule has 4 aromatic heterocycles. The molecule has 6 aromatic rings. The van der Waals surface area contributed by atoms with Gasteiger partial charge in [0.25, 0.3) is 0 Å². The first-order chi connectivity index (χ1) is 18.4. The van der Waals surface area contributed by atoms with Crippen LogP contribution in [0.15, 0.2) is 71.4 Å². The van der Waals surface area contributed by atoms with Gasteiger partial charge in [0.1, 0.15) is 0 Å². The quantitative estimate of drug-likeness (QED) is 0.207. The highest BCUT2D eigenvalue weighted by Crippen LogP contribution is 2.52. The summed E-state index contributed by atoms with van der Waals surface area (Å²) in [6, 6.07) is 20.6. The van der Waals surface area contributed by atoms with Crippen LogP contribution in [0.2, 0.25) is 0 Å². The molecule has 0 fully saturated rings. The third-order valence-corrected chi connectivity index (χ3v) is 11.3. The summed E-state index contributed by atoms with van der Waals surface area (Å²) in [6.45, 7) is 3.47. The van der Waals surface area contributed by atoms with Crippen LogP contribution in [0.3, 0.4) is 0 Å². The van der Waals surface area contributed by atoms with Crippen molar-refractivity contribution in [1.29, 1.82) is 0 Å². The Kier molecular flexibility index (Phi) is 5.44. The first kappa shape index (κ1) is 23.9. The fourth-order valence-corrected chi connectivity index (χ4v) is 9.19. The summed E-state index contributed by atoms with van der Waals surface area (Å²) >= 11 is 6.76. The van der Waals surface area contributed by atoms with Crippen LogP contribution in [0, 0.1) is 23.7 Å². The molecule has 2 nitrogen and oxygen atoms in total. The summed E-state index contributed by atoms with van der Waals surface area (Å²) < 4.78 is 2.07. The highest BCUT2D eigenvalue weighted by atomic mass is 32.1. The lowest BCUT2D eigenvalue weighted by Crippen LogP contribution is -2.41. The highest BCUT2D eigenvalue weighted by Gasteiger charge is 2.49. The van der Waals surface area contributed by atoms with Gasteiger partial charge in [-0.15, -0.1) is 57.2 Å². The summed E-state index contributed by atoms with van der Waals surface area (Å²) in [7, 11) is 0. The van der Waals surface area contributed by atoms with Gasteiger partial charge in [-0.05, 0) is 83.9 Å². The van der Waals surface area contributed by atoms with Crippen molar-refractivity contribution in [1.82, 2.24) is 0 Å².